The first-order chi connectivity index (χ1) is 12.6. The number of ether oxygens (including phenoxy) is 3. The van der Waals surface area contributed by atoms with Crippen LogP contribution in [-0.4, -0.2) is 138 Å². The fourth-order valence-corrected chi connectivity index (χ4v) is 3.02. The molecule has 0 radical (unpaired) electrons. The molecule has 0 spiro atoms. The van der Waals surface area contributed by atoms with Crippen LogP contribution in [0, 0.1) is 0 Å². The topological polar surface area (TPSA) is 230 Å². The van der Waals surface area contributed by atoms with Crippen LogP contribution in [-0.2, 0) is 14.2 Å². The van der Waals surface area contributed by atoms with Gasteiger partial charge < -0.3 is 65.3 Å². The Kier molecular flexibility index (Phi) is 7.86. The Morgan fingerprint density at radius 2 is 1.19 bits per heavy atom. The Morgan fingerprint density at radius 1 is 0.667 bits per heavy atom. The van der Waals surface area contributed by atoms with E-state index in [-0.39, 0.29) is 0 Å². The predicted octanol–water partition coefficient (Wildman–Crippen LogP) is -6.68. The molecular formula is C14H26O13. The molecule has 13 nitrogen and oxygen atoms in total. The summed E-state index contributed by atoms with van der Waals surface area (Å²) in [6.45, 7) is -1.68. The Bertz CT molecular complexity index is 466. The number of hydrogen-bond acceptors (Lipinski definition) is 13. The monoisotopic (exact) mass is 402 g/mol. The van der Waals surface area contributed by atoms with Crippen molar-refractivity contribution in [3.63, 3.8) is 0 Å². The maximum absolute atomic E-state index is 10.2. The van der Waals surface area contributed by atoms with E-state index in [4.69, 9.17) is 24.4 Å². The largest absolute Gasteiger partial charge is 0.394 e. The van der Waals surface area contributed by atoms with Gasteiger partial charge in [-0.3, -0.25) is 0 Å². The molecule has 0 saturated carbocycles. The maximum atomic E-state index is 10.2. The highest BCUT2D eigenvalue weighted by Gasteiger charge is 2.52. The molecule has 0 aliphatic carbocycles. The number of rotatable bonds is 6. The first-order valence-corrected chi connectivity index (χ1v) is 8.26. The highest BCUT2D eigenvalue weighted by Crippen LogP contribution is 2.30. The zero-order chi connectivity index (χ0) is 20.5. The summed E-state index contributed by atoms with van der Waals surface area (Å²) in [7, 11) is 0. The highest BCUT2D eigenvalue weighted by molar-refractivity contribution is 4.96. The molecule has 0 aromatic heterocycles. The molecule has 0 unspecified atom stereocenters. The molecule has 10 N–H and O–H groups in total. The first kappa shape index (κ1) is 22.8. The molecule has 0 bridgehead atoms. The van der Waals surface area contributed by atoms with Gasteiger partial charge in [-0.2, -0.15) is 0 Å². The van der Waals surface area contributed by atoms with E-state index in [1.807, 2.05) is 0 Å². The Balaban J connectivity index is 2.18. The third-order valence-electron chi connectivity index (χ3n) is 4.63. The molecule has 2 aliphatic rings. The summed E-state index contributed by atoms with van der Waals surface area (Å²) in [6, 6.07) is 0. The minimum atomic E-state index is -1.93. The lowest BCUT2D eigenvalue weighted by molar-refractivity contribution is -0.363. The van der Waals surface area contributed by atoms with E-state index in [9.17, 15) is 40.9 Å². The quantitative estimate of drug-likeness (QED) is 0.199. The van der Waals surface area contributed by atoms with Gasteiger partial charge in [-0.05, 0) is 0 Å². The van der Waals surface area contributed by atoms with Gasteiger partial charge in [0, 0.05) is 0 Å². The molecule has 27 heavy (non-hydrogen) atoms. The number of hydrogen-bond donors (Lipinski definition) is 10. The second-order valence-corrected chi connectivity index (χ2v) is 6.51. The summed E-state index contributed by atoms with van der Waals surface area (Å²) in [4.78, 5) is 0. The third-order valence-corrected chi connectivity index (χ3v) is 4.63. The Labute approximate surface area is 153 Å². The smallest absolute Gasteiger partial charge is 0.187 e. The normalized spacial score (nSPS) is 48.2. The van der Waals surface area contributed by atoms with Crippen LogP contribution >= 0.6 is 0 Å². The van der Waals surface area contributed by atoms with Gasteiger partial charge in [0.2, 0.25) is 0 Å². The van der Waals surface area contributed by atoms with Crippen LogP contribution in [0.5, 0.6) is 0 Å². The van der Waals surface area contributed by atoms with Crippen LogP contribution in [0.3, 0.4) is 0 Å². The van der Waals surface area contributed by atoms with E-state index in [0.29, 0.717) is 0 Å². The third kappa shape index (κ3) is 4.56. The molecule has 0 aromatic carbocycles. The van der Waals surface area contributed by atoms with Crippen LogP contribution in [0.15, 0.2) is 0 Å². The molecule has 2 aliphatic heterocycles. The van der Waals surface area contributed by atoms with Crippen LogP contribution < -0.4 is 0 Å². The molecule has 0 amide bonds. The molecule has 13 heteroatoms. The van der Waals surface area contributed by atoms with Gasteiger partial charge in [-0.1, -0.05) is 0 Å². The lowest BCUT2D eigenvalue weighted by Crippen LogP contribution is -2.66. The molecule has 2 fully saturated rings. The second kappa shape index (κ2) is 9.32. The summed E-state index contributed by atoms with van der Waals surface area (Å²) in [6.07, 6.45) is -21.1. The molecular weight excluding hydrogens is 376 g/mol. The van der Waals surface area contributed by atoms with E-state index in [0.717, 1.165) is 0 Å². The van der Waals surface area contributed by atoms with Gasteiger partial charge in [0.25, 0.3) is 0 Å². The van der Waals surface area contributed by atoms with Crippen molar-refractivity contribution in [2.45, 2.75) is 73.6 Å². The van der Waals surface area contributed by atoms with Crippen molar-refractivity contribution in [2.24, 2.45) is 0 Å². The van der Waals surface area contributed by atoms with Crippen LogP contribution in [0.4, 0.5) is 0 Å². The summed E-state index contributed by atoms with van der Waals surface area (Å²) < 4.78 is 15.2. The predicted molar refractivity (Wildman–Crippen MR) is 80.6 cm³/mol. The zero-order valence-electron chi connectivity index (χ0n) is 14.0. The van der Waals surface area contributed by atoms with Crippen molar-refractivity contribution in [1.29, 1.82) is 0 Å². The minimum Gasteiger partial charge on any atom is -0.394 e. The van der Waals surface area contributed by atoms with Gasteiger partial charge >= 0.3 is 0 Å². The first-order valence-electron chi connectivity index (χ1n) is 8.26. The van der Waals surface area contributed by atoms with Gasteiger partial charge in [0.1, 0.15) is 61.0 Å². The minimum absolute atomic E-state index is 0.838. The molecule has 2 heterocycles. The Hall–Kier alpha value is -0.520. The van der Waals surface area contributed by atoms with Gasteiger partial charge in [0.15, 0.2) is 12.6 Å². The fraction of sp³-hybridized carbons (Fsp3) is 1.00. The fourth-order valence-electron chi connectivity index (χ4n) is 3.02. The van der Waals surface area contributed by atoms with E-state index >= 15 is 0 Å². The van der Waals surface area contributed by atoms with Gasteiger partial charge in [-0.15, -0.1) is 0 Å². The average Bonchev–Trinajstić information content (AvgIpc) is 2.66. The molecule has 160 valence electrons. The second-order valence-electron chi connectivity index (χ2n) is 6.51. The van der Waals surface area contributed by atoms with E-state index < -0.39 is 86.8 Å². The van der Waals surface area contributed by atoms with Gasteiger partial charge in [-0.25, -0.2) is 0 Å². The number of aliphatic hydroxyl groups excluding tert-OH is 10. The lowest BCUT2D eigenvalue weighted by atomic mass is 9.93. The SMILES string of the molecule is OC[C@H](O)[C@H]1O[C@H](O[C@H]2[C@H](O)[C@@H]([C@@H](O)CO)O[C@@H](O)[C@H]2O)[C@@H](O)[C@@H](O)[C@@H]1O. The molecule has 12 atom stereocenters. The summed E-state index contributed by atoms with van der Waals surface area (Å²) >= 11 is 0. The lowest BCUT2D eigenvalue weighted by Gasteiger charge is -2.46. The molecule has 0 aromatic rings. The maximum Gasteiger partial charge on any atom is 0.187 e. The highest BCUT2D eigenvalue weighted by atomic mass is 16.7. The van der Waals surface area contributed by atoms with E-state index in [1.54, 1.807) is 0 Å². The average molecular weight is 402 g/mol. The zero-order valence-corrected chi connectivity index (χ0v) is 14.0. The van der Waals surface area contributed by atoms with Crippen molar-refractivity contribution in [3.8, 4) is 0 Å². The summed E-state index contributed by atoms with van der Waals surface area (Å²) in [5, 5.41) is 97.0. The van der Waals surface area contributed by atoms with Crippen molar-refractivity contribution in [3.05, 3.63) is 0 Å². The molecule has 2 saturated heterocycles. The van der Waals surface area contributed by atoms with Crippen LogP contribution in [0.2, 0.25) is 0 Å². The summed E-state index contributed by atoms with van der Waals surface area (Å²) in [5.74, 6) is 0. The van der Waals surface area contributed by atoms with E-state index in [1.165, 1.54) is 0 Å². The summed E-state index contributed by atoms with van der Waals surface area (Å²) in [5.41, 5.74) is 0. The molecule has 2 rings (SSSR count). The Morgan fingerprint density at radius 3 is 1.70 bits per heavy atom. The van der Waals surface area contributed by atoms with Gasteiger partial charge in [0.05, 0.1) is 13.2 Å². The standard InChI is InChI=1S/C14H26O13/c15-1-3(17)10-6(20)5(19)7(21)14(26-10)27-12-8(22)11(4(18)2-16)25-13(24)9(12)23/h3-24H,1-2H2/t3-,4-,5-,6-,7-,8+,9-,10+,11+,12-,13+,14+/m0/s1. The van der Waals surface area contributed by atoms with Crippen molar-refractivity contribution in [1.82, 2.24) is 0 Å². The van der Waals surface area contributed by atoms with Crippen LogP contribution in [0.1, 0.15) is 0 Å². The van der Waals surface area contributed by atoms with Crippen molar-refractivity contribution in [2.75, 3.05) is 13.2 Å². The van der Waals surface area contributed by atoms with Crippen molar-refractivity contribution < 1.29 is 65.3 Å². The number of aliphatic hydroxyl groups is 10. The van der Waals surface area contributed by atoms with E-state index in [2.05, 4.69) is 0 Å². The van der Waals surface area contributed by atoms with Crippen molar-refractivity contribution >= 4 is 0 Å². The van der Waals surface area contributed by atoms with Crippen LogP contribution in [0.25, 0.3) is 0 Å².